The second-order valence-corrected chi connectivity index (χ2v) is 7.79. The molecule has 0 aliphatic heterocycles. The summed E-state index contributed by atoms with van der Waals surface area (Å²) in [5.41, 5.74) is 2.22. The first-order chi connectivity index (χ1) is 12.8. The highest BCUT2D eigenvalue weighted by Gasteiger charge is 2.57. The maximum absolute atomic E-state index is 11.8. The highest BCUT2D eigenvalue weighted by Crippen LogP contribution is 2.59. The lowest BCUT2D eigenvalue weighted by Crippen LogP contribution is -2.54. The molecule has 2 N–H and O–H groups in total. The van der Waals surface area contributed by atoms with E-state index in [-0.39, 0.29) is 23.2 Å². The van der Waals surface area contributed by atoms with Crippen molar-refractivity contribution in [2.75, 3.05) is 5.43 Å². The summed E-state index contributed by atoms with van der Waals surface area (Å²) in [6.45, 7) is 0. The number of hydrogen-bond acceptors (Lipinski definition) is 7. The second-order valence-electron chi connectivity index (χ2n) is 7.79. The van der Waals surface area contributed by atoms with Crippen LogP contribution in [0.15, 0.2) is 23.3 Å². The van der Waals surface area contributed by atoms with Crippen molar-refractivity contribution >= 4 is 28.7 Å². The summed E-state index contributed by atoms with van der Waals surface area (Å²) in [5, 5.41) is 36.1. The normalized spacial score (nSPS) is 32.4. The van der Waals surface area contributed by atoms with Gasteiger partial charge in [-0.05, 0) is 44.1 Å². The van der Waals surface area contributed by atoms with Crippen molar-refractivity contribution in [3.8, 4) is 0 Å². The van der Waals surface area contributed by atoms with Gasteiger partial charge in [-0.2, -0.15) is 5.10 Å². The molecular weight excluding hydrogens is 356 g/mol. The van der Waals surface area contributed by atoms with Gasteiger partial charge in [0.25, 0.3) is 5.69 Å². The minimum absolute atomic E-state index is 0.0666. The van der Waals surface area contributed by atoms with Gasteiger partial charge in [0.15, 0.2) is 0 Å². The number of non-ortho nitro benzene ring substituents is 1. The number of hydrazone groups is 1. The molecule has 1 aromatic rings. The predicted octanol–water partition coefficient (Wildman–Crippen LogP) is 3.18. The molecule has 10 heteroatoms. The molecule has 4 bridgehead atoms. The third-order valence-electron chi connectivity index (χ3n) is 6.17. The largest absolute Gasteiger partial charge is 0.481 e. The number of aliphatic carboxylic acids is 1. The molecule has 4 atom stereocenters. The van der Waals surface area contributed by atoms with Crippen LogP contribution in [0.25, 0.3) is 0 Å². The average molecular weight is 374 g/mol. The molecule has 27 heavy (non-hydrogen) atoms. The van der Waals surface area contributed by atoms with Crippen molar-refractivity contribution in [2.45, 2.75) is 32.1 Å². The lowest BCUT2D eigenvalue weighted by atomic mass is 9.49. The van der Waals surface area contributed by atoms with Crippen LogP contribution in [0.2, 0.25) is 0 Å². The highest BCUT2D eigenvalue weighted by molar-refractivity contribution is 5.94. The van der Waals surface area contributed by atoms with E-state index in [1.54, 1.807) is 0 Å². The molecule has 2 unspecified atom stereocenters. The number of nitro groups is 2. The number of nitrogens with one attached hydrogen (secondary N) is 1. The quantitative estimate of drug-likeness (QED) is 0.594. The molecule has 142 valence electrons. The summed E-state index contributed by atoms with van der Waals surface area (Å²) in [6, 6.07) is 3.36. The van der Waals surface area contributed by atoms with Crippen molar-refractivity contribution in [2.24, 2.45) is 28.3 Å². The Balaban J connectivity index is 1.60. The molecule has 5 rings (SSSR count). The minimum atomic E-state index is -0.736. The van der Waals surface area contributed by atoms with E-state index in [0.717, 1.165) is 31.0 Å². The molecule has 0 amide bonds. The number of hydrogen-bond donors (Lipinski definition) is 2. The molecule has 0 spiro atoms. The number of carboxylic acid groups (broad SMARTS) is 1. The molecule has 4 aliphatic carbocycles. The van der Waals surface area contributed by atoms with Gasteiger partial charge in [0, 0.05) is 23.6 Å². The smallest absolute Gasteiger partial charge is 0.309 e. The SMILES string of the molecule is O=C(O)C12CC3C[C@H](C1)C(=NNc1ccc([N+](=O)[O-])cc1[N+](=O)[O-])[C@@H](C3)C2. The second kappa shape index (κ2) is 6.00. The molecule has 0 saturated heterocycles. The fourth-order valence-corrected chi connectivity index (χ4v) is 5.21. The maximum Gasteiger partial charge on any atom is 0.309 e. The van der Waals surface area contributed by atoms with Gasteiger partial charge < -0.3 is 5.11 Å². The Morgan fingerprint density at radius 3 is 2.37 bits per heavy atom. The highest BCUT2D eigenvalue weighted by atomic mass is 16.6. The van der Waals surface area contributed by atoms with E-state index in [9.17, 15) is 30.1 Å². The number of carbonyl (C=O) groups is 1. The molecule has 0 heterocycles. The maximum atomic E-state index is 11.8. The van der Waals surface area contributed by atoms with Crippen molar-refractivity contribution in [1.29, 1.82) is 0 Å². The Labute approximate surface area is 153 Å². The molecule has 10 nitrogen and oxygen atoms in total. The first-order valence-corrected chi connectivity index (χ1v) is 8.79. The fraction of sp³-hybridized carbons (Fsp3) is 0.529. The summed E-state index contributed by atoms with van der Waals surface area (Å²) in [7, 11) is 0. The van der Waals surface area contributed by atoms with Crippen LogP contribution in [0.4, 0.5) is 17.1 Å². The summed E-state index contributed by atoms with van der Waals surface area (Å²) < 4.78 is 0. The van der Waals surface area contributed by atoms with Crippen LogP contribution in [-0.2, 0) is 4.79 Å². The van der Waals surface area contributed by atoms with Crippen LogP contribution in [0.1, 0.15) is 32.1 Å². The van der Waals surface area contributed by atoms with Gasteiger partial charge in [-0.25, -0.2) is 0 Å². The zero-order chi connectivity index (χ0) is 19.3. The topological polar surface area (TPSA) is 148 Å². The third-order valence-corrected chi connectivity index (χ3v) is 6.17. The average Bonchev–Trinajstić information content (AvgIpc) is 2.60. The zero-order valence-electron chi connectivity index (χ0n) is 14.3. The first-order valence-electron chi connectivity index (χ1n) is 8.79. The van der Waals surface area contributed by atoms with E-state index in [1.807, 2.05) is 0 Å². The van der Waals surface area contributed by atoms with Crippen LogP contribution in [0, 0.1) is 43.4 Å². The van der Waals surface area contributed by atoms with Crippen molar-refractivity contribution in [3.63, 3.8) is 0 Å². The van der Waals surface area contributed by atoms with E-state index >= 15 is 0 Å². The summed E-state index contributed by atoms with van der Waals surface area (Å²) in [5.74, 6) is -0.208. The van der Waals surface area contributed by atoms with Crippen molar-refractivity contribution in [3.05, 3.63) is 38.4 Å². The van der Waals surface area contributed by atoms with Gasteiger partial charge >= 0.3 is 11.7 Å². The standard InChI is InChI=1S/C17H18N4O6/c22-16(23)17-6-9-3-10(7-17)15(11(4-9)8-17)19-18-13-2-1-12(20(24)25)5-14(13)21(26)27/h1-2,5,9-11,18H,3-4,6-8H2,(H,22,23)/t9?,10-,11+,17?. The number of nitrogens with zero attached hydrogens (tertiary/aromatic N) is 3. The molecular formula is C17H18N4O6. The summed E-state index contributed by atoms with van der Waals surface area (Å²) in [6.07, 6.45) is 3.63. The Morgan fingerprint density at radius 2 is 1.81 bits per heavy atom. The van der Waals surface area contributed by atoms with E-state index < -0.39 is 26.9 Å². The summed E-state index contributed by atoms with van der Waals surface area (Å²) in [4.78, 5) is 32.5. The van der Waals surface area contributed by atoms with Crippen LogP contribution in [0.5, 0.6) is 0 Å². The van der Waals surface area contributed by atoms with E-state index in [1.165, 1.54) is 12.1 Å². The first kappa shape index (κ1) is 17.4. The van der Waals surface area contributed by atoms with Crippen molar-refractivity contribution < 1.29 is 19.7 Å². The number of rotatable bonds is 5. The molecule has 4 aliphatic rings. The zero-order valence-corrected chi connectivity index (χ0v) is 14.3. The van der Waals surface area contributed by atoms with Crippen LogP contribution in [0.3, 0.4) is 0 Å². The van der Waals surface area contributed by atoms with E-state index in [4.69, 9.17) is 0 Å². The minimum Gasteiger partial charge on any atom is -0.481 e. The monoisotopic (exact) mass is 374 g/mol. The van der Waals surface area contributed by atoms with Crippen molar-refractivity contribution in [1.82, 2.24) is 0 Å². The molecule has 4 fully saturated rings. The number of carboxylic acids is 1. The van der Waals surface area contributed by atoms with Gasteiger partial charge in [-0.3, -0.25) is 30.4 Å². The number of benzene rings is 1. The van der Waals surface area contributed by atoms with Gasteiger partial charge in [0.1, 0.15) is 5.69 Å². The van der Waals surface area contributed by atoms with Crippen LogP contribution < -0.4 is 5.43 Å². The van der Waals surface area contributed by atoms with E-state index in [0.29, 0.717) is 18.8 Å². The fourth-order valence-electron chi connectivity index (χ4n) is 5.21. The molecule has 0 radical (unpaired) electrons. The number of anilines is 1. The van der Waals surface area contributed by atoms with Crippen LogP contribution in [-0.4, -0.2) is 26.6 Å². The Kier molecular flexibility index (Phi) is 3.86. The van der Waals surface area contributed by atoms with Gasteiger partial charge in [-0.1, -0.05) is 0 Å². The van der Waals surface area contributed by atoms with Gasteiger partial charge in [0.05, 0.1) is 21.3 Å². The van der Waals surface area contributed by atoms with E-state index in [2.05, 4.69) is 10.5 Å². The van der Waals surface area contributed by atoms with Gasteiger partial charge in [-0.15, -0.1) is 0 Å². The Bertz CT molecular complexity index is 864. The number of nitro benzene ring substituents is 2. The third kappa shape index (κ3) is 2.81. The van der Waals surface area contributed by atoms with Crippen LogP contribution >= 0.6 is 0 Å². The Morgan fingerprint density at radius 1 is 1.15 bits per heavy atom. The van der Waals surface area contributed by atoms with Gasteiger partial charge in [0.2, 0.25) is 0 Å². The Hall–Kier alpha value is -3.04. The summed E-state index contributed by atoms with van der Waals surface area (Å²) >= 11 is 0. The molecule has 4 saturated carbocycles. The lowest BCUT2D eigenvalue weighted by Gasteiger charge is -2.54. The lowest BCUT2D eigenvalue weighted by molar-refractivity contribution is -0.393. The molecule has 1 aromatic carbocycles. The predicted molar refractivity (Wildman–Crippen MR) is 94.4 cm³/mol. The molecule has 0 aromatic heterocycles.